The standard InChI is InChI=1S/C23H30N4O4S/c1-15-6-8-16(9-7-15)24-22(30)23(2)14-27-19(13-18(25-27)21(29)31-3)20(28)26(23)11-10-17-5-4-12-32-17/h4-5,12-13,15-16H,6-11,14H2,1-3H3,(H,24,30)/t15?,16?,23-/m0/s1. The molecule has 172 valence electrons. The highest BCUT2D eigenvalue weighted by Crippen LogP contribution is 2.30. The van der Waals surface area contributed by atoms with Crippen LogP contribution in [0, 0.1) is 5.92 Å². The van der Waals surface area contributed by atoms with E-state index in [1.165, 1.54) is 17.9 Å². The summed E-state index contributed by atoms with van der Waals surface area (Å²) in [5.41, 5.74) is -0.739. The van der Waals surface area contributed by atoms with Crippen molar-refractivity contribution >= 4 is 29.1 Å². The number of carbonyl (C=O) groups is 3. The second-order valence-corrected chi connectivity index (χ2v) is 10.1. The number of rotatable bonds is 6. The Hall–Kier alpha value is -2.68. The Labute approximate surface area is 191 Å². The van der Waals surface area contributed by atoms with E-state index in [1.807, 2.05) is 17.5 Å². The van der Waals surface area contributed by atoms with E-state index in [9.17, 15) is 14.4 Å². The number of esters is 1. The van der Waals surface area contributed by atoms with Gasteiger partial charge in [-0.1, -0.05) is 13.0 Å². The zero-order valence-corrected chi connectivity index (χ0v) is 19.6. The van der Waals surface area contributed by atoms with Gasteiger partial charge in [0.25, 0.3) is 5.91 Å². The first kappa shape index (κ1) is 22.5. The van der Waals surface area contributed by atoms with Crippen molar-refractivity contribution in [2.75, 3.05) is 13.7 Å². The first-order valence-corrected chi connectivity index (χ1v) is 12.0. The number of amides is 2. The number of hydrogen-bond acceptors (Lipinski definition) is 6. The molecule has 2 aliphatic rings. The summed E-state index contributed by atoms with van der Waals surface area (Å²) in [6.07, 6.45) is 4.74. The minimum atomic E-state index is -1.11. The minimum absolute atomic E-state index is 0.0694. The van der Waals surface area contributed by atoms with Crippen molar-refractivity contribution in [2.24, 2.45) is 5.92 Å². The Morgan fingerprint density at radius 3 is 2.72 bits per heavy atom. The lowest BCUT2D eigenvalue weighted by molar-refractivity contribution is -0.134. The van der Waals surface area contributed by atoms with Gasteiger partial charge in [-0.15, -0.1) is 11.3 Å². The highest BCUT2D eigenvalue weighted by molar-refractivity contribution is 7.09. The molecule has 1 N–H and O–H groups in total. The van der Waals surface area contributed by atoms with E-state index in [1.54, 1.807) is 23.2 Å². The lowest BCUT2D eigenvalue weighted by Crippen LogP contribution is -2.65. The Balaban J connectivity index is 1.61. The van der Waals surface area contributed by atoms with E-state index in [0.717, 1.165) is 30.6 Å². The molecule has 1 aliphatic heterocycles. The van der Waals surface area contributed by atoms with Crippen LogP contribution in [0.3, 0.4) is 0 Å². The summed E-state index contributed by atoms with van der Waals surface area (Å²) in [6.45, 7) is 4.63. The third-order valence-corrected chi connectivity index (χ3v) is 7.63. The molecule has 0 saturated heterocycles. The van der Waals surface area contributed by atoms with Crippen molar-refractivity contribution in [2.45, 2.75) is 64.1 Å². The third-order valence-electron chi connectivity index (χ3n) is 6.69. The van der Waals surface area contributed by atoms with Gasteiger partial charge in [-0.2, -0.15) is 5.10 Å². The van der Waals surface area contributed by atoms with Crippen molar-refractivity contribution in [1.29, 1.82) is 0 Å². The molecule has 0 aromatic carbocycles. The molecule has 0 spiro atoms. The summed E-state index contributed by atoms with van der Waals surface area (Å²) in [4.78, 5) is 41.8. The number of carbonyl (C=O) groups excluding carboxylic acids is 3. The summed E-state index contributed by atoms with van der Waals surface area (Å²) in [5.74, 6) is -0.393. The molecular weight excluding hydrogens is 428 g/mol. The van der Waals surface area contributed by atoms with E-state index in [4.69, 9.17) is 4.74 Å². The quantitative estimate of drug-likeness (QED) is 0.672. The van der Waals surface area contributed by atoms with E-state index >= 15 is 0 Å². The van der Waals surface area contributed by atoms with Crippen molar-refractivity contribution < 1.29 is 19.1 Å². The topological polar surface area (TPSA) is 93.5 Å². The van der Waals surface area contributed by atoms with Crippen LogP contribution < -0.4 is 5.32 Å². The van der Waals surface area contributed by atoms with Gasteiger partial charge in [-0.05, 0) is 56.4 Å². The highest BCUT2D eigenvalue weighted by atomic mass is 32.1. The van der Waals surface area contributed by atoms with Gasteiger partial charge in [0.1, 0.15) is 11.2 Å². The molecule has 2 aromatic heterocycles. The number of methoxy groups -OCH3 is 1. The van der Waals surface area contributed by atoms with Gasteiger partial charge in [-0.3, -0.25) is 14.3 Å². The number of nitrogens with one attached hydrogen (secondary N) is 1. The maximum absolute atomic E-state index is 13.6. The molecule has 1 aliphatic carbocycles. The van der Waals surface area contributed by atoms with Crippen LogP contribution in [0.15, 0.2) is 23.6 Å². The predicted molar refractivity (Wildman–Crippen MR) is 121 cm³/mol. The zero-order chi connectivity index (χ0) is 22.9. The van der Waals surface area contributed by atoms with Gasteiger partial charge in [0.05, 0.1) is 13.7 Å². The Morgan fingerprint density at radius 1 is 1.31 bits per heavy atom. The first-order chi connectivity index (χ1) is 15.3. The molecule has 0 bridgehead atoms. The summed E-state index contributed by atoms with van der Waals surface area (Å²) in [5, 5.41) is 9.47. The van der Waals surface area contributed by atoms with Gasteiger partial charge in [0.2, 0.25) is 5.91 Å². The molecule has 9 heteroatoms. The molecule has 8 nitrogen and oxygen atoms in total. The van der Waals surface area contributed by atoms with Crippen LogP contribution in [-0.4, -0.2) is 57.7 Å². The van der Waals surface area contributed by atoms with Crippen LogP contribution in [0.25, 0.3) is 0 Å². The van der Waals surface area contributed by atoms with Crippen LogP contribution in [0.2, 0.25) is 0 Å². The Bertz CT molecular complexity index is 994. The molecule has 0 unspecified atom stereocenters. The minimum Gasteiger partial charge on any atom is -0.464 e. The van der Waals surface area contributed by atoms with Crippen molar-refractivity contribution in [1.82, 2.24) is 20.0 Å². The molecule has 1 fully saturated rings. The first-order valence-electron chi connectivity index (χ1n) is 11.1. The molecule has 1 saturated carbocycles. The van der Waals surface area contributed by atoms with E-state index in [2.05, 4.69) is 17.3 Å². The molecule has 4 rings (SSSR count). The van der Waals surface area contributed by atoms with Crippen LogP contribution >= 0.6 is 11.3 Å². The Morgan fingerprint density at radius 2 is 2.06 bits per heavy atom. The average molecular weight is 459 g/mol. The van der Waals surface area contributed by atoms with E-state index in [0.29, 0.717) is 24.6 Å². The number of ether oxygens (including phenoxy) is 1. The summed E-state index contributed by atoms with van der Waals surface area (Å²) in [6, 6.07) is 5.58. The zero-order valence-electron chi connectivity index (χ0n) is 18.8. The molecule has 3 heterocycles. The van der Waals surface area contributed by atoms with Gasteiger partial charge in [0, 0.05) is 23.5 Å². The second kappa shape index (κ2) is 9.05. The lowest BCUT2D eigenvalue weighted by atomic mass is 9.86. The number of fused-ring (bicyclic) bond motifs is 1. The fraction of sp³-hybridized carbons (Fsp3) is 0.565. The van der Waals surface area contributed by atoms with E-state index in [-0.39, 0.29) is 30.1 Å². The number of nitrogens with zero attached hydrogens (tertiary/aromatic N) is 3. The highest BCUT2D eigenvalue weighted by Gasteiger charge is 2.48. The predicted octanol–water partition coefficient (Wildman–Crippen LogP) is 2.88. The molecule has 2 amide bonds. The van der Waals surface area contributed by atoms with E-state index < -0.39 is 11.5 Å². The molecule has 1 atom stereocenters. The number of aromatic nitrogens is 2. The summed E-state index contributed by atoms with van der Waals surface area (Å²) >= 11 is 1.63. The van der Waals surface area contributed by atoms with Crippen LogP contribution in [0.5, 0.6) is 0 Å². The van der Waals surface area contributed by atoms with Gasteiger partial charge in [-0.25, -0.2) is 4.79 Å². The molecule has 2 aromatic rings. The van der Waals surface area contributed by atoms with Crippen molar-refractivity contribution in [3.05, 3.63) is 39.8 Å². The number of thiophene rings is 1. The molecule has 0 radical (unpaired) electrons. The second-order valence-electron chi connectivity index (χ2n) is 9.05. The van der Waals surface area contributed by atoms with Gasteiger partial charge >= 0.3 is 5.97 Å². The van der Waals surface area contributed by atoms with Crippen LogP contribution in [-0.2, 0) is 22.5 Å². The van der Waals surface area contributed by atoms with Crippen molar-refractivity contribution in [3.8, 4) is 0 Å². The maximum atomic E-state index is 13.6. The number of hydrogen-bond donors (Lipinski definition) is 1. The fourth-order valence-electron chi connectivity index (χ4n) is 4.62. The Kier molecular flexibility index (Phi) is 6.37. The third kappa shape index (κ3) is 4.30. The maximum Gasteiger partial charge on any atom is 0.358 e. The summed E-state index contributed by atoms with van der Waals surface area (Å²) < 4.78 is 6.23. The van der Waals surface area contributed by atoms with Crippen LogP contribution in [0.4, 0.5) is 0 Å². The lowest BCUT2D eigenvalue weighted by Gasteiger charge is -2.44. The molecular formula is C23H30N4O4S. The molecule has 32 heavy (non-hydrogen) atoms. The SMILES string of the molecule is COC(=O)c1cc2n(n1)C[C@@](C)(C(=O)NC1CCC(C)CC1)N(CCc1cccs1)C2=O. The monoisotopic (exact) mass is 458 g/mol. The smallest absolute Gasteiger partial charge is 0.358 e. The normalized spacial score (nSPS) is 25.3. The average Bonchev–Trinajstić information content (AvgIpc) is 3.44. The van der Waals surface area contributed by atoms with Gasteiger partial charge in [0.15, 0.2) is 5.69 Å². The largest absolute Gasteiger partial charge is 0.464 e. The van der Waals surface area contributed by atoms with Crippen LogP contribution in [0.1, 0.15) is 65.4 Å². The van der Waals surface area contributed by atoms with Crippen molar-refractivity contribution in [3.63, 3.8) is 0 Å². The van der Waals surface area contributed by atoms with Gasteiger partial charge < -0.3 is 15.0 Å². The fourth-order valence-corrected chi connectivity index (χ4v) is 5.32. The summed E-state index contributed by atoms with van der Waals surface area (Å²) in [7, 11) is 1.28.